The molecular formula is C20H31N3O4. The molecule has 3 heterocycles. The Hall–Kier alpha value is -1.44. The molecular weight excluding hydrogens is 346 g/mol. The average molecular weight is 377 g/mol. The Morgan fingerprint density at radius 3 is 3.00 bits per heavy atom. The molecule has 1 N–H and O–H groups in total. The van der Waals surface area contributed by atoms with E-state index < -0.39 is 0 Å². The van der Waals surface area contributed by atoms with Crippen molar-refractivity contribution in [3.8, 4) is 0 Å². The molecule has 0 bridgehead atoms. The van der Waals surface area contributed by atoms with Crippen LogP contribution in [0.2, 0.25) is 0 Å². The standard InChI is InChI=1S/C20H31N3O4/c1-14(2)10-23-11-15(26-13-20(23)5-3-6-20)8-19(24)21-9-17-16-12-25-7-4-18(16)27-22-17/h14-15H,3-13H2,1-2H3,(H,21,24). The molecule has 1 aliphatic carbocycles. The van der Waals surface area contributed by atoms with E-state index in [0.717, 1.165) is 43.1 Å². The summed E-state index contributed by atoms with van der Waals surface area (Å²) in [4.78, 5) is 15.0. The summed E-state index contributed by atoms with van der Waals surface area (Å²) in [5.74, 6) is 1.51. The number of aromatic nitrogens is 1. The SMILES string of the molecule is CC(C)CN1CC(CC(=O)NCc2noc3c2COCC3)OCC12CCC2. The minimum Gasteiger partial charge on any atom is -0.376 e. The summed E-state index contributed by atoms with van der Waals surface area (Å²) in [6.45, 7) is 8.76. The quantitative estimate of drug-likeness (QED) is 0.817. The van der Waals surface area contributed by atoms with E-state index in [9.17, 15) is 4.79 Å². The van der Waals surface area contributed by atoms with E-state index in [1.165, 1.54) is 19.3 Å². The van der Waals surface area contributed by atoms with E-state index >= 15 is 0 Å². The van der Waals surface area contributed by atoms with Crippen LogP contribution in [0.5, 0.6) is 0 Å². The van der Waals surface area contributed by atoms with Crippen molar-refractivity contribution in [1.29, 1.82) is 0 Å². The van der Waals surface area contributed by atoms with E-state index in [-0.39, 0.29) is 17.6 Å². The lowest BCUT2D eigenvalue weighted by atomic mass is 9.74. The summed E-state index contributed by atoms with van der Waals surface area (Å²) in [5, 5.41) is 7.06. The molecule has 1 aromatic rings. The molecule has 1 saturated heterocycles. The first kappa shape index (κ1) is 18.9. The fraction of sp³-hybridized carbons (Fsp3) is 0.800. The van der Waals surface area contributed by atoms with E-state index in [1.54, 1.807) is 0 Å². The smallest absolute Gasteiger partial charge is 0.222 e. The van der Waals surface area contributed by atoms with Crippen molar-refractivity contribution >= 4 is 5.91 Å². The van der Waals surface area contributed by atoms with Crippen LogP contribution in [0.4, 0.5) is 0 Å². The van der Waals surface area contributed by atoms with E-state index in [0.29, 0.717) is 32.1 Å². The van der Waals surface area contributed by atoms with Crippen LogP contribution in [0, 0.1) is 5.92 Å². The number of hydrogen-bond donors (Lipinski definition) is 1. The van der Waals surface area contributed by atoms with Crippen LogP contribution in [0.15, 0.2) is 4.52 Å². The lowest BCUT2D eigenvalue weighted by molar-refractivity contribution is -0.153. The monoisotopic (exact) mass is 377 g/mol. The fourth-order valence-electron chi connectivity index (χ4n) is 4.42. The Morgan fingerprint density at radius 1 is 1.41 bits per heavy atom. The first-order valence-electron chi connectivity index (χ1n) is 10.2. The van der Waals surface area contributed by atoms with Crippen LogP contribution in [-0.2, 0) is 33.8 Å². The summed E-state index contributed by atoms with van der Waals surface area (Å²) in [6, 6.07) is 0. The molecule has 1 unspecified atom stereocenters. The number of amides is 1. The third-order valence-corrected chi connectivity index (χ3v) is 6.09. The number of nitrogens with zero attached hydrogens (tertiary/aromatic N) is 2. The van der Waals surface area contributed by atoms with Gasteiger partial charge in [0, 0.05) is 30.6 Å². The lowest BCUT2D eigenvalue weighted by Crippen LogP contribution is -2.63. The van der Waals surface area contributed by atoms with Gasteiger partial charge < -0.3 is 19.3 Å². The Kier molecular flexibility index (Phi) is 5.53. The van der Waals surface area contributed by atoms with Crippen molar-refractivity contribution in [2.24, 2.45) is 5.92 Å². The van der Waals surface area contributed by atoms with Crippen LogP contribution in [0.1, 0.15) is 56.5 Å². The minimum absolute atomic E-state index is 0.00235. The molecule has 1 spiro atoms. The predicted octanol–water partition coefficient (Wildman–Crippen LogP) is 2.03. The number of carbonyl (C=O) groups excluding carboxylic acids is 1. The molecule has 7 heteroatoms. The zero-order valence-electron chi connectivity index (χ0n) is 16.5. The van der Waals surface area contributed by atoms with Crippen molar-refractivity contribution < 1.29 is 18.8 Å². The number of fused-ring (bicyclic) bond motifs is 1. The molecule has 0 aromatic carbocycles. The second-order valence-electron chi connectivity index (χ2n) is 8.62. The Bertz CT molecular complexity index is 668. The maximum absolute atomic E-state index is 12.4. The molecule has 2 fully saturated rings. The van der Waals surface area contributed by atoms with E-state index in [2.05, 4.69) is 29.2 Å². The topological polar surface area (TPSA) is 76.8 Å². The summed E-state index contributed by atoms with van der Waals surface area (Å²) in [5.41, 5.74) is 2.00. The maximum Gasteiger partial charge on any atom is 0.222 e. The fourth-order valence-corrected chi connectivity index (χ4v) is 4.42. The van der Waals surface area contributed by atoms with Gasteiger partial charge in [-0.2, -0.15) is 0 Å². The number of ether oxygens (including phenoxy) is 2. The van der Waals surface area contributed by atoms with Crippen molar-refractivity contribution in [2.75, 3.05) is 26.3 Å². The van der Waals surface area contributed by atoms with Gasteiger partial charge in [0.2, 0.25) is 5.91 Å². The van der Waals surface area contributed by atoms with Crippen LogP contribution in [0.25, 0.3) is 0 Å². The van der Waals surface area contributed by atoms with Gasteiger partial charge in [0.1, 0.15) is 11.5 Å². The molecule has 1 amide bonds. The lowest BCUT2D eigenvalue weighted by Gasteiger charge is -2.55. The number of hydrogen-bond acceptors (Lipinski definition) is 6. The molecule has 1 atom stereocenters. The van der Waals surface area contributed by atoms with Crippen LogP contribution >= 0.6 is 0 Å². The van der Waals surface area contributed by atoms with Gasteiger partial charge >= 0.3 is 0 Å². The highest BCUT2D eigenvalue weighted by Crippen LogP contribution is 2.41. The van der Waals surface area contributed by atoms with Gasteiger partial charge in [-0.3, -0.25) is 9.69 Å². The second kappa shape index (κ2) is 7.89. The van der Waals surface area contributed by atoms with Gasteiger partial charge in [0.25, 0.3) is 0 Å². The summed E-state index contributed by atoms with van der Waals surface area (Å²) >= 11 is 0. The van der Waals surface area contributed by atoms with Crippen LogP contribution in [-0.4, -0.2) is 53.9 Å². The predicted molar refractivity (Wildman–Crippen MR) is 99.1 cm³/mol. The Labute approximate surface area is 160 Å². The summed E-state index contributed by atoms with van der Waals surface area (Å²) < 4.78 is 16.9. The highest BCUT2D eigenvalue weighted by Gasteiger charge is 2.46. The molecule has 150 valence electrons. The minimum atomic E-state index is -0.0375. The summed E-state index contributed by atoms with van der Waals surface area (Å²) in [7, 11) is 0. The molecule has 7 nitrogen and oxygen atoms in total. The number of rotatable bonds is 6. The summed E-state index contributed by atoms with van der Waals surface area (Å²) in [6.07, 6.45) is 4.83. The van der Waals surface area contributed by atoms with Gasteiger partial charge in [0.15, 0.2) is 0 Å². The van der Waals surface area contributed by atoms with Crippen LogP contribution in [0.3, 0.4) is 0 Å². The van der Waals surface area contributed by atoms with Crippen molar-refractivity contribution in [3.63, 3.8) is 0 Å². The molecule has 0 radical (unpaired) electrons. The molecule has 4 rings (SSSR count). The zero-order chi connectivity index (χ0) is 18.9. The third kappa shape index (κ3) is 4.05. The van der Waals surface area contributed by atoms with Gasteiger partial charge in [-0.15, -0.1) is 0 Å². The highest BCUT2D eigenvalue weighted by molar-refractivity contribution is 5.76. The molecule has 1 aromatic heterocycles. The largest absolute Gasteiger partial charge is 0.376 e. The number of morpholine rings is 1. The maximum atomic E-state index is 12.4. The van der Waals surface area contributed by atoms with Crippen molar-refractivity contribution in [2.45, 2.75) is 70.7 Å². The van der Waals surface area contributed by atoms with Crippen molar-refractivity contribution in [3.05, 3.63) is 17.0 Å². The third-order valence-electron chi connectivity index (χ3n) is 6.09. The Morgan fingerprint density at radius 2 is 2.26 bits per heavy atom. The zero-order valence-corrected chi connectivity index (χ0v) is 16.5. The molecule has 2 aliphatic heterocycles. The number of carbonyl (C=O) groups is 1. The second-order valence-corrected chi connectivity index (χ2v) is 8.62. The van der Waals surface area contributed by atoms with Gasteiger partial charge in [-0.05, 0) is 25.2 Å². The van der Waals surface area contributed by atoms with Gasteiger partial charge in [0.05, 0.1) is 38.9 Å². The number of nitrogens with one attached hydrogen (secondary N) is 1. The van der Waals surface area contributed by atoms with E-state index in [4.69, 9.17) is 14.0 Å². The first-order chi connectivity index (χ1) is 13.1. The van der Waals surface area contributed by atoms with Gasteiger partial charge in [-0.25, -0.2) is 0 Å². The first-order valence-corrected chi connectivity index (χ1v) is 10.2. The van der Waals surface area contributed by atoms with Crippen LogP contribution < -0.4 is 5.32 Å². The van der Waals surface area contributed by atoms with Gasteiger partial charge in [-0.1, -0.05) is 19.0 Å². The molecule has 1 saturated carbocycles. The average Bonchev–Trinajstić information content (AvgIpc) is 3.02. The molecule has 3 aliphatic rings. The van der Waals surface area contributed by atoms with E-state index in [1.807, 2.05) is 0 Å². The molecule has 27 heavy (non-hydrogen) atoms. The Balaban J connectivity index is 1.28. The highest BCUT2D eigenvalue weighted by atomic mass is 16.5. The normalized spacial score (nSPS) is 24.6. The van der Waals surface area contributed by atoms with Crippen molar-refractivity contribution in [1.82, 2.24) is 15.4 Å².